The Hall–Kier alpha value is -0.610. The molecule has 0 bridgehead atoms. The third-order valence-corrected chi connectivity index (χ3v) is 5.13. The monoisotopic (exact) mass is 345 g/mol. The van der Waals surface area contributed by atoms with Crippen LogP contribution >= 0.6 is 34.5 Å². The lowest BCUT2D eigenvalue weighted by Gasteiger charge is -2.27. The molecule has 1 aromatic heterocycles. The van der Waals surface area contributed by atoms with Crippen LogP contribution < -0.4 is 5.32 Å². The summed E-state index contributed by atoms with van der Waals surface area (Å²) in [6, 6.07) is 7.00. The van der Waals surface area contributed by atoms with Crippen LogP contribution in [-0.4, -0.2) is 0 Å². The highest BCUT2D eigenvalue weighted by atomic mass is 35.5. The number of hydrogen-bond acceptors (Lipinski definition) is 2. The fourth-order valence-corrected chi connectivity index (χ4v) is 4.02. The van der Waals surface area contributed by atoms with E-state index in [1.165, 1.54) is 10.9 Å². The Labute approximate surface area is 139 Å². The Balaban J connectivity index is 2.28. The zero-order valence-electron chi connectivity index (χ0n) is 12.2. The molecule has 1 aromatic carbocycles. The van der Waals surface area contributed by atoms with Crippen LogP contribution in [-0.2, 0) is 0 Å². The van der Waals surface area contributed by atoms with Crippen LogP contribution in [0, 0.1) is 11.7 Å². The zero-order valence-corrected chi connectivity index (χ0v) is 14.5. The third-order valence-electron chi connectivity index (χ3n) is 3.46. The van der Waals surface area contributed by atoms with E-state index in [1.807, 2.05) is 13.0 Å². The first kappa shape index (κ1) is 16.8. The van der Waals surface area contributed by atoms with E-state index in [-0.39, 0.29) is 17.1 Å². The second-order valence-corrected chi connectivity index (χ2v) is 7.15. The molecule has 21 heavy (non-hydrogen) atoms. The number of hydrogen-bond donors (Lipinski definition) is 1. The van der Waals surface area contributed by atoms with Crippen LogP contribution in [0.25, 0.3) is 0 Å². The minimum absolute atomic E-state index is 0.0937. The zero-order chi connectivity index (χ0) is 15.6. The molecule has 5 heteroatoms. The van der Waals surface area contributed by atoms with Crippen LogP contribution in [0.1, 0.15) is 43.3 Å². The van der Waals surface area contributed by atoms with Gasteiger partial charge in [0.15, 0.2) is 0 Å². The van der Waals surface area contributed by atoms with Crippen molar-refractivity contribution >= 4 is 34.5 Å². The van der Waals surface area contributed by atoms with Gasteiger partial charge in [-0.15, -0.1) is 11.3 Å². The molecule has 0 aliphatic heterocycles. The van der Waals surface area contributed by atoms with Crippen molar-refractivity contribution in [1.82, 2.24) is 5.32 Å². The van der Waals surface area contributed by atoms with Gasteiger partial charge in [-0.1, -0.05) is 43.1 Å². The van der Waals surface area contributed by atoms with E-state index in [2.05, 4.69) is 30.6 Å². The van der Waals surface area contributed by atoms with E-state index < -0.39 is 5.82 Å². The quantitative estimate of drug-likeness (QED) is 0.632. The van der Waals surface area contributed by atoms with E-state index >= 15 is 0 Å². The molecule has 0 amide bonds. The Kier molecular flexibility index (Phi) is 5.67. The highest BCUT2D eigenvalue weighted by molar-refractivity contribution is 7.10. The normalized spacial score (nSPS) is 14.4. The molecular weight excluding hydrogens is 328 g/mol. The van der Waals surface area contributed by atoms with Gasteiger partial charge < -0.3 is 5.32 Å². The predicted octanol–water partition coefficient (Wildman–Crippen LogP) is 6.24. The van der Waals surface area contributed by atoms with Gasteiger partial charge in [0.1, 0.15) is 5.82 Å². The molecule has 0 spiro atoms. The summed E-state index contributed by atoms with van der Waals surface area (Å²) in [5.74, 6) is -0.0425. The maximum Gasteiger partial charge on any atom is 0.142 e. The minimum atomic E-state index is -0.443. The molecule has 1 heterocycles. The minimum Gasteiger partial charge on any atom is -0.302 e. The molecule has 0 radical (unpaired) electrons. The second-order valence-electron chi connectivity index (χ2n) is 5.38. The number of thiophene rings is 1. The van der Waals surface area contributed by atoms with Gasteiger partial charge in [0.25, 0.3) is 0 Å². The summed E-state index contributed by atoms with van der Waals surface area (Å²) in [5.41, 5.74) is 0.612. The Morgan fingerprint density at radius 1 is 1.14 bits per heavy atom. The van der Waals surface area contributed by atoms with Gasteiger partial charge in [-0.25, -0.2) is 4.39 Å². The molecule has 0 saturated heterocycles. The fraction of sp³-hybridized carbons (Fsp3) is 0.375. The molecular formula is C16H18Cl2FNS. The van der Waals surface area contributed by atoms with E-state index in [0.717, 1.165) is 0 Å². The molecule has 0 aliphatic carbocycles. The van der Waals surface area contributed by atoms with Crippen LogP contribution in [0.3, 0.4) is 0 Å². The van der Waals surface area contributed by atoms with Crippen LogP contribution in [0.5, 0.6) is 0 Å². The maximum atomic E-state index is 13.7. The Bertz CT molecular complexity index is 599. The van der Waals surface area contributed by atoms with Gasteiger partial charge in [0.2, 0.25) is 0 Å². The van der Waals surface area contributed by atoms with Gasteiger partial charge >= 0.3 is 0 Å². The first-order chi connectivity index (χ1) is 9.91. The predicted molar refractivity (Wildman–Crippen MR) is 89.9 cm³/mol. The molecule has 0 saturated carbocycles. The summed E-state index contributed by atoms with van der Waals surface area (Å²) in [6.07, 6.45) is 0. The molecule has 0 fully saturated rings. The summed E-state index contributed by atoms with van der Waals surface area (Å²) >= 11 is 14.0. The summed E-state index contributed by atoms with van der Waals surface area (Å²) in [7, 11) is 0. The molecule has 2 aromatic rings. The maximum absolute atomic E-state index is 13.7. The number of rotatable bonds is 5. The lowest BCUT2D eigenvalue weighted by Crippen LogP contribution is -2.28. The summed E-state index contributed by atoms with van der Waals surface area (Å²) in [6.45, 7) is 6.26. The number of benzene rings is 1. The molecule has 1 nitrogen and oxygen atoms in total. The molecule has 114 valence electrons. The van der Waals surface area contributed by atoms with Gasteiger partial charge in [-0.3, -0.25) is 0 Å². The largest absolute Gasteiger partial charge is 0.302 e. The van der Waals surface area contributed by atoms with E-state index in [1.54, 1.807) is 17.4 Å². The van der Waals surface area contributed by atoms with Crippen molar-refractivity contribution in [2.75, 3.05) is 0 Å². The molecule has 2 rings (SSSR count). The summed E-state index contributed by atoms with van der Waals surface area (Å²) < 4.78 is 13.7. The van der Waals surface area contributed by atoms with Crippen molar-refractivity contribution in [2.45, 2.75) is 32.9 Å². The van der Waals surface area contributed by atoms with Crippen molar-refractivity contribution in [3.63, 3.8) is 0 Å². The van der Waals surface area contributed by atoms with Crippen LogP contribution in [0.15, 0.2) is 29.6 Å². The number of nitrogens with one attached hydrogen (secondary N) is 1. The molecule has 2 atom stereocenters. The van der Waals surface area contributed by atoms with E-state index in [9.17, 15) is 4.39 Å². The molecule has 1 N–H and O–H groups in total. The SMILES string of the molecule is CC(NC(c1cccs1)C(C)C)c1c(Cl)ccc(F)c1Cl. The van der Waals surface area contributed by atoms with Gasteiger partial charge in [0, 0.05) is 27.5 Å². The lowest BCUT2D eigenvalue weighted by atomic mass is 9.99. The van der Waals surface area contributed by atoms with E-state index in [4.69, 9.17) is 23.2 Å². The van der Waals surface area contributed by atoms with Crippen molar-refractivity contribution in [2.24, 2.45) is 5.92 Å². The molecule has 2 unspecified atom stereocenters. The Morgan fingerprint density at radius 2 is 1.86 bits per heavy atom. The standard InChI is InChI=1S/C16H18Cl2FNS/c1-9(2)16(13-5-4-8-21-13)20-10(3)14-11(17)6-7-12(19)15(14)18/h4-10,16,20H,1-3H3. The van der Waals surface area contributed by atoms with Gasteiger partial charge in [0.05, 0.1) is 5.02 Å². The highest BCUT2D eigenvalue weighted by Crippen LogP contribution is 2.35. The smallest absolute Gasteiger partial charge is 0.142 e. The van der Waals surface area contributed by atoms with Crippen molar-refractivity contribution in [1.29, 1.82) is 0 Å². The van der Waals surface area contributed by atoms with Gasteiger partial charge in [-0.2, -0.15) is 0 Å². The average Bonchev–Trinajstić information content (AvgIpc) is 2.94. The first-order valence-electron chi connectivity index (χ1n) is 6.84. The van der Waals surface area contributed by atoms with E-state index in [0.29, 0.717) is 16.5 Å². The lowest BCUT2D eigenvalue weighted by molar-refractivity contribution is 0.379. The van der Waals surface area contributed by atoms with Crippen molar-refractivity contribution < 1.29 is 4.39 Å². The van der Waals surface area contributed by atoms with Crippen LogP contribution in [0.4, 0.5) is 4.39 Å². The Morgan fingerprint density at radius 3 is 2.43 bits per heavy atom. The van der Waals surface area contributed by atoms with Crippen molar-refractivity contribution in [3.8, 4) is 0 Å². The topological polar surface area (TPSA) is 12.0 Å². The second kappa shape index (κ2) is 7.10. The molecule has 0 aliphatic rings. The summed E-state index contributed by atoms with van der Waals surface area (Å²) in [5, 5.41) is 6.15. The number of halogens is 3. The van der Waals surface area contributed by atoms with Gasteiger partial charge in [-0.05, 0) is 36.4 Å². The van der Waals surface area contributed by atoms with Crippen LogP contribution in [0.2, 0.25) is 10.0 Å². The van der Waals surface area contributed by atoms with Crippen molar-refractivity contribution in [3.05, 3.63) is 55.9 Å². The fourth-order valence-electron chi connectivity index (χ4n) is 2.36. The highest BCUT2D eigenvalue weighted by Gasteiger charge is 2.23. The summed E-state index contributed by atoms with van der Waals surface area (Å²) in [4.78, 5) is 1.25. The first-order valence-corrected chi connectivity index (χ1v) is 8.48. The third kappa shape index (κ3) is 3.78. The average molecular weight is 346 g/mol.